The number of benzene rings is 2. The minimum absolute atomic E-state index is 0.0275. The van der Waals surface area contributed by atoms with Gasteiger partial charge in [-0.05, 0) is 48.7 Å². The maximum atomic E-state index is 13.4. The lowest BCUT2D eigenvalue weighted by molar-refractivity contribution is -0.129. The molecule has 2 aromatic carbocycles. The Bertz CT molecular complexity index is 1030. The van der Waals surface area contributed by atoms with Gasteiger partial charge in [0, 0.05) is 43.7 Å². The first-order valence-electron chi connectivity index (χ1n) is 11.0. The van der Waals surface area contributed by atoms with E-state index in [1.54, 1.807) is 18.2 Å². The SMILES string of the molecule is O=C(CC[C@@H]1CNC(=O)[C@@H]2C[C@H](NC(=O)c3cccc(F)c3)CN12)NCc1ccc(F)cc1. The third-order valence-corrected chi connectivity index (χ3v) is 6.15. The molecule has 33 heavy (non-hydrogen) atoms. The van der Waals surface area contributed by atoms with E-state index >= 15 is 0 Å². The number of fused-ring (bicyclic) bond motifs is 1. The van der Waals surface area contributed by atoms with Gasteiger partial charge in [-0.2, -0.15) is 0 Å². The van der Waals surface area contributed by atoms with Gasteiger partial charge in [-0.25, -0.2) is 8.78 Å². The summed E-state index contributed by atoms with van der Waals surface area (Å²) >= 11 is 0. The van der Waals surface area contributed by atoms with Crippen molar-refractivity contribution in [2.45, 2.75) is 43.9 Å². The van der Waals surface area contributed by atoms with E-state index < -0.39 is 5.82 Å². The second-order valence-corrected chi connectivity index (χ2v) is 8.47. The molecule has 3 N–H and O–H groups in total. The first-order valence-corrected chi connectivity index (χ1v) is 11.0. The normalized spacial score (nSPS) is 22.4. The molecule has 2 saturated heterocycles. The molecule has 0 bridgehead atoms. The zero-order chi connectivity index (χ0) is 23.4. The predicted molar refractivity (Wildman–Crippen MR) is 117 cm³/mol. The van der Waals surface area contributed by atoms with Crippen LogP contribution in [0.3, 0.4) is 0 Å². The molecule has 3 atom stereocenters. The molecule has 0 radical (unpaired) electrons. The van der Waals surface area contributed by atoms with Gasteiger partial charge in [-0.3, -0.25) is 19.3 Å². The van der Waals surface area contributed by atoms with E-state index in [1.807, 2.05) is 4.90 Å². The van der Waals surface area contributed by atoms with Gasteiger partial charge in [0.1, 0.15) is 11.6 Å². The van der Waals surface area contributed by atoms with Gasteiger partial charge >= 0.3 is 0 Å². The molecular weight excluding hydrogens is 430 g/mol. The van der Waals surface area contributed by atoms with Crippen molar-refractivity contribution in [2.24, 2.45) is 0 Å². The molecule has 7 nitrogen and oxygen atoms in total. The molecule has 2 heterocycles. The Morgan fingerprint density at radius 3 is 2.64 bits per heavy atom. The Morgan fingerprint density at radius 1 is 1.09 bits per heavy atom. The van der Waals surface area contributed by atoms with E-state index in [2.05, 4.69) is 16.0 Å². The van der Waals surface area contributed by atoms with Crippen molar-refractivity contribution < 1.29 is 23.2 Å². The zero-order valence-corrected chi connectivity index (χ0v) is 18.0. The van der Waals surface area contributed by atoms with Gasteiger partial charge in [0.25, 0.3) is 5.91 Å². The maximum Gasteiger partial charge on any atom is 0.251 e. The molecule has 2 aliphatic rings. The number of amides is 3. The number of rotatable bonds is 7. The summed E-state index contributed by atoms with van der Waals surface area (Å²) in [7, 11) is 0. The van der Waals surface area contributed by atoms with Crippen LogP contribution in [0.5, 0.6) is 0 Å². The van der Waals surface area contributed by atoms with Gasteiger partial charge in [0.05, 0.1) is 6.04 Å². The van der Waals surface area contributed by atoms with Crippen LogP contribution in [0, 0.1) is 11.6 Å². The molecular formula is C24H26F2N4O3. The molecule has 9 heteroatoms. The second-order valence-electron chi connectivity index (χ2n) is 8.47. The van der Waals surface area contributed by atoms with Crippen LogP contribution in [0.1, 0.15) is 35.2 Å². The van der Waals surface area contributed by atoms with Crippen molar-refractivity contribution in [3.63, 3.8) is 0 Å². The van der Waals surface area contributed by atoms with Crippen LogP contribution >= 0.6 is 0 Å². The van der Waals surface area contributed by atoms with Crippen molar-refractivity contribution in [1.29, 1.82) is 0 Å². The summed E-state index contributed by atoms with van der Waals surface area (Å²) in [6.07, 6.45) is 1.29. The van der Waals surface area contributed by atoms with Crippen molar-refractivity contribution >= 4 is 17.7 Å². The molecule has 0 saturated carbocycles. The molecule has 2 aromatic rings. The van der Waals surface area contributed by atoms with Gasteiger partial charge in [0.2, 0.25) is 11.8 Å². The summed E-state index contributed by atoms with van der Waals surface area (Å²) in [5, 5.41) is 8.62. The molecule has 0 spiro atoms. The highest BCUT2D eigenvalue weighted by molar-refractivity contribution is 5.94. The fraction of sp³-hybridized carbons (Fsp3) is 0.375. The third-order valence-electron chi connectivity index (χ3n) is 6.15. The van der Waals surface area contributed by atoms with Gasteiger partial charge in [-0.15, -0.1) is 0 Å². The summed E-state index contributed by atoms with van der Waals surface area (Å²) in [5.41, 5.74) is 1.05. The van der Waals surface area contributed by atoms with Crippen LogP contribution in [0.25, 0.3) is 0 Å². The lowest BCUT2D eigenvalue weighted by Gasteiger charge is -2.37. The molecule has 0 aliphatic carbocycles. The Kier molecular flexibility index (Phi) is 6.98. The molecule has 2 aliphatic heterocycles. The van der Waals surface area contributed by atoms with E-state index in [0.717, 1.165) is 5.56 Å². The van der Waals surface area contributed by atoms with Crippen LogP contribution < -0.4 is 16.0 Å². The summed E-state index contributed by atoms with van der Waals surface area (Å²) in [6.45, 7) is 1.24. The highest BCUT2D eigenvalue weighted by atomic mass is 19.1. The van der Waals surface area contributed by atoms with E-state index in [0.29, 0.717) is 32.5 Å². The Morgan fingerprint density at radius 2 is 1.88 bits per heavy atom. The number of piperazine rings is 1. The number of hydrogen-bond donors (Lipinski definition) is 3. The van der Waals surface area contributed by atoms with E-state index in [4.69, 9.17) is 0 Å². The Balaban J connectivity index is 1.29. The molecule has 174 valence electrons. The highest BCUT2D eigenvalue weighted by Gasteiger charge is 2.43. The summed E-state index contributed by atoms with van der Waals surface area (Å²) in [6, 6.07) is 10.8. The minimum atomic E-state index is -0.483. The topological polar surface area (TPSA) is 90.5 Å². The van der Waals surface area contributed by atoms with E-state index in [1.165, 1.54) is 30.3 Å². The fourth-order valence-corrected chi connectivity index (χ4v) is 4.44. The van der Waals surface area contributed by atoms with Crippen LogP contribution in [0.4, 0.5) is 8.78 Å². The van der Waals surface area contributed by atoms with E-state index in [9.17, 15) is 23.2 Å². The smallest absolute Gasteiger partial charge is 0.251 e. The molecule has 4 rings (SSSR count). The lowest BCUT2D eigenvalue weighted by Crippen LogP contribution is -2.58. The monoisotopic (exact) mass is 456 g/mol. The van der Waals surface area contributed by atoms with Crippen molar-refractivity contribution in [1.82, 2.24) is 20.9 Å². The number of halogens is 2. The number of nitrogens with one attached hydrogen (secondary N) is 3. The first-order chi connectivity index (χ1) is 15.9. The third kappa shape index (κ3) is 5.73. The largest absolute Gasteiger partial charge is 0.353 e. The Hall–Kier alpha value is -3.33. The summed E-state index contributed by atoms with van der Waals surface area (Å²) in [5.74, 6) is -1.40. The van der Waals surface area contributed by atoms with Crippen LogP contribution in [-0.4, -0.2) is 53.8 Å². The van der Waals surface area contributed by atoms with Crippen LogP contribution in [0.2, 0.25) is 0 Å². The molecule has 0 aromatic heterocycles. The quantitative estimate of drug-likeness (QED) is 0.592. The highest BCUT2D eigenvalue weighted by Crippen LogP contribution is 2.26. The minimum Gasteiger partial charge on any atom is -0.353 e. The standard InChI is InChI=1S/C24H26F2N4O3/c25-17-6-4-15(5-7-17)12-27-22(31)9-8-20-13-28-24(33)21-11-19(14-30(20)21)29-23(32)16-2-1-3-18(26)10-16/h1-7,10,19-21H,8-9,11-14H2,(H,27,31)(H,28,33)(H,29,32)/t19-,20+,21-/m0/s1. The fourth-order valence-electron chi connectivity index (χ4n) is 4.44. The Labute approximate surface area is 190 Å². The van der Waals surface area contributed by atoms with Gasteiger partial charge < -0.3 is 16.0 Å². The van der Waals surface area contributed by atoms with Gasteiger partial charge in [0.15, 0.2) is 0 Å². The van der Waals surface area contributed by atoms with Crippen LogP contribution in [-0.2, 0) is 16.1 Å². The molecule has 0 unspecified atom stereocenters. The zero-order valence-electron chi connectivity index (χ0n) is 18.0. The molecule has 2 fully saturated rings. The number of nitrogens with zero attached hydrogens (tertiary/aromatic N) is 1. The first kappa shape index (κ1) is 22.8. The van der Waals surface area contributed by atoms with Crippen molar-refractivity contribution in [3.8, 4) is 0 Å². The number of carbonyl (C=O) groups excluding carboxylic acids is 3. The van der Waals surface area contributed by atoms with Crippen LogP contribution in [0.15, 0.2) is 48.5 Å². The summed E-state index contributed by atoms with van der Waals surface area (Å²) in [4.78, 5) is 39.2. The average molecular weight is 456 g/mol. The maximum absolute atomic E-state index is 13.4. The molecule has 3 amide bonds. The second kappa shape index (κ2) is 10.1. The van der Waals surface area contributed by atoms with Crippen molar-refractivity contribution in [2.75, 3.05) is 13.1 Å². The number of hydrogen-bond acceptors (Lipinski definition) is 4. The van der Waals surface area contributed by atoms with Gasteiger partial charge in [-0.1, -0.05) is 18.2 Å². The lowest BCUT2D eigenvalue weighted by atomic mass is 10.0. The summed E-state index contributed by atoms with van der Waals surface area (Å²) < 4.78 is 26.4. The van der Waals surface area contributed by atoms with Crippen molar-refractivity contribution in [3.05, 3.63) is 71.3 Å². The predicted octanol–water partition coefficient (Wildman–Crippen LogP) is 1.73. The van der Waals surface area contributed by atoms with E-state index in [-0.39, 0.29) is 53.6 Å². The average Bonchev–Trinajstić information content (AvgIpc) is 3.23. The number of carbonyl (C=O) groups is 3.